The van der Waals surface area contributed by atoms with E-state index < -0.39 is 5.97 Å². The van der Waals surface area contributed by atoms with Crippen LogP contribution >= 0.6 is 11.8 Å². The number of nitrogens with one attached hydrogen (secondary N) is 1. The Kier molecular flexibility index (Phi) is 6.00. The van der Waals surface area contributed by atoms with Crippen molar-refractivity contribution in [2.75, 3.05) is 12.9 Å². The van der Waals surface area contributed by atoms with Crippen LogP contribution in [0.3, 0.4) is 0 Å². The first-order chi connectivity index (χ1) is 8.67. The highest BCUT2D eigenvalue weighted by Gasteiger charge is 2.13. The molecule has 0 aliphatic heterocycles. The molecule has 0 fully saturated rings. The SMILES string of the molecule is CCOC(=O)/C(=C\c1ccccc1)NC(=O)SC. The van der Waals surface area contributed by atoms with Gasteiger partial charge in [0.1, 0.15) is 5.70 Å². The summed E-state index contributed by atoms with van der Waals surface area (Å²) in [6.45, 7) is 1.98. The minimum Gasteiger partial charge on any atom is -0.461 e. The van der Waals surface area contributed by atoms with E-state index in [0.29, 0.717) is 0 Å². The molecule has 0 aliphatic rings. The summed E-state index contributed by atoms with van der Waals surface area (Å²) in [5.74, 6) is -0.538. The lowest BCUT2D eigenvalue weighted by atomic mass is 10.2. The molecular formula is C13H15NO3S. The predicted molar refractivity (Wildman–Crippen MR) is 73.1 cm³/mol. The van der Waals surface area contributed by atoms with Crippen LogP contribution in [-0.4, -0.2) is 24.1 Å². The van der Waals surface area contributed by atoms with Gasteiger partial charge in [-0.3, -0.25) is 4.79 Å². The summed E-state index contributed by atoms with van der Waals surface area (Å²) in [7, 11) is 0. The Morgan fingerprint density at radius 1 is 1.33 bits per heavy atom. The molecule has 0 aromatic heterocycles. The van der Waals surface area contributed by atoms with Gasteiger partial charge in [0.25, 0.3) is 5.24 Å². The number of carbonyl (C=O) groups is 2. The highest BCUT2D eigenvalue weighted by atomic mass is 32.2. The fourth-order valence-corrected chi connectivity index (χ4v) is 1.44. The van der Waals surface area contributed by atoms with Crippen molar-refractivity contribution in [1.82, 2.24) is 5.32 Å². The van der Waals surface area contributed by atoms with E-state index in [1.54, 1.807) is 19.3 Å². The van der Waals surface area contributed by atoms with E-state index in [-0.39, 0.29) is 17.5 Å². The van der Waals surface area contributed by atoms with Crippen molar-refractivity contribution in [2.45, 2.75) is 6.92 Å². The Balaban J connectivity index is 2.93. The molecule has 4 nitrogen and oxygen atoms in total. The standard InChI is InChI=1S/C13H15NO3S/c1-3-17-12(15)11(14-13(16)18-2)9-10-7-5-4-6-8-10/h4-9H,3H2,1-2H3,(H,14,16)/b11-9+. The van der Waals surface area contributed by atoms with Gasteiger partial charge in [-0.25, -0.2) is 4.79 Å². The number of amides is 1. The summed E-state index contributed by atoms with van der Waals surface area (Å²) in [5, 5.41) is 2.21. The van der Waals surface area contributed by atoms with Gasteiger partial charge in [-0.05, 0) is 24.8 Å². The average molecular weight is 265 g/mol. The largest absolute Gasteiger partial charge is 0.461 e. The molecule has 96 valence electrons. The Morgan fingerprint density at radius 2 is 2.00 bits per heavy atom. The third-order valence-corrected chi connectivity index (χ3v) is 2.50. The van der Waals surface area contributed by atoms with Crippen molar-refractivity contribution < 1.29 is 14.3 Å². The zero-order valence-electron chi connectivity index (χ0n) is 10.3. The molecule has 0 spiro atoms. The molecule has 0 atom stereocenters. The minimum absolute atomic E-state index is 0.141. The number of ether oxygens (including phenoxy) is 1. The fourth-order valence-electron chi connectivity index (χ4n) is 1.23. The molecule has 0 saturated carbocycles. The molecule has 1 N–H and O–H groups in total. The molecule has 1 amide bonds. The van der Waals surface area contributed by atoms with Gasteiger partial charge < -0.3 is 10.1 Å². The first-order valence-corrected chi connectivity index (χ1v) is 6.68. The zero-order valence-corrected chi connectivity index (χ0v) is 11.1. The fraction of sp³-hybridized carbons (Fsp3) is 0.231. The predicted octanol–water partition coefficient (Wildman–Crippen LogP) is 2.66. The van der Waals surface area contributed by atoms with E-state index >= 15 is 0 Å². The van der Waals surface area contributed by atoms with E-state index in [2.05, 4.69) is 5.32 Å². The van der Waals surface area contributed by atoms with Gasteiger partial charge in [-0.2, -0.15) is 0 Å². The Hall–Kier alpha value is -1.75. The van der Waals surface area contributed by atoms with Crippen molar-refractivity contribution >= 4 is 29.0 Å². The number of esters is 1. The molecule has 0 aliphatic carbocycles. The third-order valence-electron chi connectivity index (χ3n) is 2.03. The van der Waals surface area contributed by atoms with E-state index in [1.807, 2.05) is 30.3 Å². The first-order valence-electron chi connectivity index (χ1n) is 5.46. The van der Waals surface area contributed by atoms with Crippen LogP contribution in [0.5, 0.6) is 0 Å². The van der Waals surface area contributed by atoms with Gasteiger partial charge in [-0.15, -0.1) is 0 Å². The smallest absolute Gasteiger partial charge is 0.354 e. The minimum atomic E-state index is -0.538. The molecule has 18 heavy (non-hydrogen) atoms. The van der Waals surface area contributed by atoms with Crippen LogP contribution in [-0.2, 0) is 9.53 Å². The molecule has 0 radical (unpaired) electrons. The quantitative estimate of drug-likeness (QED) is 0.671. The lowest BCUT2D eigenvalue weighted by molar-refractivity contribution is -0.138. The lowest BCUT2D eigenvalue weighted by Gasteiger charge is -2.08. The maximum atomic E-state index is 11.7. The van der Waals surface area contributed by atoms with Crippen molar-refractivity contribution in [3.05, 3.63) is 41.6 Å². The number of carbonyl (C=O) groups excluding carboxylic acids is 2. The number of rotatable bonds is 4. The van der Waals surface area contributed by atoms with Gasteiger partial charge in [0.15, 0.2) is 0 Å². The van der Waals surface area contributed by atoms with Crippen LogP contribution in [0.4, 0.5) is 4.79 Å². The molecule has 0 bridgehead atoms. The number of thioether (sulfide) groups is 1. The van der Waals surface area contributed by atoms with Crippen LogP contribution < -0.4 is 5.32 Å². The van der Waals surface area contributed by atoms with Crippen molar-refractivity contribution in [2.24, 2.45) is 0 Å². The van der Waals surface area contributed by atoms with E-state index in [9.17, 15) is 9.59 Å². The van der Waals surface area contributed by atoms with Gasteiger partial charge in [0, 0.05) is 0 Å². The third kappa shape index (κ3) is 4.63. The summed E-state index contributed by atoms with van der Waals surface area (Å²) in [6.07, 6.45) is 3.23. The maximum Gasteiger partial charge on any atom is 0.354 e. The normalized spacial score (nSPS) is 10.9. The first kappa shape index (κ1) is 14.3. The highest BCUT2D eigenvalue weighted by Crippen LogP contribution is 2.08. The van der Waals surface area contributed by atoms with Crippen LogP contribution in [0.15, 0.2) is 36.0 Å². The maximum absolute atomic E-state index is 11.7. The van der Waals surface area contributed by atoms with Gasteiger partial charge in [0.2, 0.25) is 0 Å². The molecular weight excluding hydrogens is 250 g/mol. The van der Waals surface area contributed by atoms with E-state index in [4.69, 9.17) is 4.74 Å². The number of hydrogen-bond donors (Lipinski definition) is 1. The van der Waals surface area contributed by atoms with E-state index in [0.717, 1.165) is 17.3 Å². The number of benzene rings is 1. The van der Waals surface area contributed by atoms with Gasteiger partial charge >= 0.3 is 5.97 Å². The second-order valence-corrected chi connectivity index (χ2v) is 4.08. The van der Waals surface area contributed by atoms with Crippen LogP contribution in [0.1, 0.15) is 12.5 Å². The molecule has 0 heterocycles. The van der Waals surface area contributed by atoms with Gasteiger partial charge in [-0.1, -0.05) is 42.1 Å². The Morgan fingerprint density at radius 3 is 2.56 bits per heavy atom. The molecule has 0 unspecified atom stereocenters. The summed E-state index contributed by atoms with van der Waals surface area (Å²) in [6, 6.07) is 9.26. The summed E-state index contributed by atoms with van der Waals surface area (Å²) in [5.41, 5.74) is 0.962. The zero-order chi connectivity index (χ0) is 13.4. The monoisotopic (exact) mass is 265 g/mol. The van der Waals surface area contributed by atoms with E-state index in [1.165, 1.54) is 0 Å². The summed E-state index contributed by atoms with van der Waals surface area (Å²) < 4.78 is 4.89. The lowest BCUT2D eigenvalue weighted by Crippen LogP contribution is -2.25. The van der Waals surface area contributed by atoms with Crippen molar-refractivity contribution in [1.29, 1.82) is 0 Å². The van der Waals surface area contributed by atoms with Crippen LogP contribution in [0.25, 0.3) is 6.08 Å². The highest BCUT2D eigenvalue weighted by molar-refractivity contribution is 8.13. The molecule has 1 aromatic rings. The van der Waals surface area contributed by atoms with Crippen molar-refractivity contribution in [3.8, 4) is 0 Å². The Bertz CT molecular complexity index is 443. The summed E-state index contributed by atoms with van der Waals surface area (Å²) in [4.78, 5) is 23.0. The molecule has 0 saturated heterocycles. The summed E-state index contributed by atoms with van der Waals surface area (Å²) >= 11 is 1.00. The number of hydrogen-bond acceptors (Lipinski definition) is 4. The molecule has 5 heteroatoms. The van der Waals surface area contributed by atoms with Gasteiger partial charge in [0.05, 0.1) is 6.61 Å². The van der Waals surface area contributed by atoms with Crippen LogP contribution in [0, 0.1) is 0 Å². The molecule has 1 rings (SSSR count). The van der Waals surface area contributed by atoms with Crippen molar-refractivity contribution in [3.63, 3.8) is 0 Å². The Labute approximate surface area is 110 Å². The van der Waals surface area contributed by atoms with Crippen LogP contribution in [0.2, 0.25) is 0 Å². The second kappa shape index (κ2) is 7.55. The average Bonchev–Trinajstić information content (AvgIpc) is 2.39. The molecule has 1 aromatic carbocycles. The topological polar surface area (TPSA) is 55.4 Å². The second-order valence-electron chi connectivity index (χ2n) is 3.31.